The average Bonchev–Trinajstić information content (AvgIpc) is 3.49. The maximum atomic E-state index is 13.9. The first-order chi connectivity index (χ1) is 20.0. The van der Waals surface area contributed by atoms with Gasteiger partial charge in [0, 0.05) is 11.3 Å². The third-order valence-electron chi connectivity index (χ3n) is 6.80. The van der Waals surface area contributed by atoms with E-state index in [4.69, 9.17) is 22.1 Å². The van der Waals surface area contributed by atoms with Crippen LogP contribution < -0.4 is 11.2 Å². The number of hydrogen-bond donors (Lipinski definition) is 1. The Morgan fingerprint density at radius 3 is 2.44 bits per heavy atom. The highest BCUT2D eigenvalue weighted by Gasteiger charge is 2.52. The van der Waals surface area contributed by atoms with Crippen LogP contribution >= 0.6 is 57.8 Å². The van der Waals surface area contributed by atoms with Gasteiger partial charge in [0.1, 0.15) is 17.1 Å². The molecule has 2 N–H and O–H groups in total. The predicted octanol–water partition coefficient (Wildman–Crippen LogP) is 6.50. The van der Waals surface area contributed by atoms with E-state index < -0.39 is 18.1 Å². The molecule has 1 fully saturated rings. The number of carbonyl (C=O) groups is 2. The molecule has 0 unspecified atom stereocenters. The second kappa shape index (κ2) is 12.2. The molecule has 2 aliphatic heterocycles. The van der Waals surface area contributed by atoms with Gasteiger partial charge in [0.15, 0.2) is 6.10 Å². The van der Waals surface area contributed by atoms with Crippen molar-refractivity contribution in [3.63, 3.8) is 0 Å². The summed E-state index contributed by atoms with van der Waals surface area (Å²) in [5.74, 6) is -0.317. The van der Waals surface area contributed by atoms with Crippen LogP contribution in [0.3, 0.4) is 0 Å². The minimum atomic E-state index is -0.664. The molecule has 2 atom stereocenters. The SMILES string of the molecule is N[C@@H]1C(=O)N2C(C(=O)OC(c3ccccc3)c3ccccc3)=C(/C=C/Sc3sc4ccsc4c(=O)c3CCl)CS[C@H]12. The summed E-state index contributed by atoms with van der Waals surface area (Å²) in [6.45, 7) is 0. The van der Waals surface area contributed by atoms with E-state index in [2.05, 4.69) is 0 Å². The maximum absolute atomic E-state index is 13.9. The van der Waals surface area contributed by atoms with Crippen molar-refractivity contribution < 1.29 is 14.3 Å². The number of alkyl halides is 1. The first kappa shape index (κ1) is 28.3. The van der Waals surface area contributed by atoms with E-state index in [1.165, 1.54) is 51.1 Å². The van der Waals surface area contributed by atoms with Gasteiger partial charge < -0.3 is 10.5 Å². The van der Waals surface area contributed by atoms with Crippen LogP contribution in [0.4, 0.5) is 0 Å². The second-order valence-electron chi connectivity index (χ2n) is 9.28. The van der Waals surface area contributed by atoms with Gasteiger partial charge >= 0.3 is 5.97 Å². The number of amides is 1. The van der Waals surface area contributed by atoms with Gasteiger partial charge in [-0.1, -0.05) is 72.4 Å². The lowest BCUT2D eigenvalue weighted by Crippen LogP contribution is -2.68. The van der Waals surface area contributed by atoms with Gasteiger partial charge in [-0.3, -0.25) is 14.5 Å². The number of rotatable bonds is 8. The normalized spacial score (nSPS) is 18.7. The number of carbonyl (C=O) groups excluding carboxylic acids is 2. The minimum absolute atomic E-state index is 0.0489. The molecule has 4 heterocycles. The van der Waals surface area contributed by atoms with Crippen molar-refractivity contribution in [3.8, 4) is 0 Å². The van der Waals surface area contributed by atoms with Crippen molar-refractivity contribution in [2.24, 2.45) is 5.73 Å². The summed E-state index contributed by atoms with van der Waals surface area (Å²) >= 11 is 12.0. The highest BCUT2D eigenvalue weighted by molar-refractivity contribution is 8.04. The van der Waals surface area contributed by atoms with Crippen LogP contribution in [0.5, 0.6) is 0 Å². The number of benzene rings is 2. The molecule has 0 saturated carbocycles. The summed E-state index contributed by atoms with van der Waals surface area (Å²) < 4.78 is 8.57. The molecular formula is C30H23ClN2O4S4. The number of β-lactam (4-membered cyclic amide) rings is 1. The van der Waals surface area contributed by atoms with Crippen molar-refractivity contribution in [1.29, 1.82) is 0 Å². The molecule has 0 radical (unpaired) electrons. The highest BCUT2D eigenvalue weighted by Crippen LogP contribution is 2.42. The van der Waals surface area contributed by atoms with Crippen LogP contribution in [0.15, 0.2) is 104 Å². The molecular weight excluding hydrogens is 616 g/mol. The van der Waals surface area contributed by atoms with E-state index in [9.17, 15) is 14.4 Å². The van der Waals surface area contributed by atoms with Gasteiger partial charge in [-0.05, 0) is 39.6 Å². The first-order valence-corrected chi connectivity index (χ1v) is 16.8. The average molecular weight is 639 g/mol. The van der Waals surface area contributed by atoms with E-state index in [0.717, 1.165) is 20.0 Å². The molecule has 1 amide bonds. The Balaban J connectivity index is 1.34. The van der Waals surface area contributed by atoms with E-state index >= 15 is 0 Å². The Hall–Kier alpha value is -2.86. The Kier molecular flexibility index (Phi) is 8.39. The zero-order chi connectivity index (χ0) is 28.5. The Morgan fingerprint density at radius 1 is 1.10 bits per heavy atom. The van der Waals surface area contributed by atoms with Gasteiger partial charge in [-0.2, -0.15) is 0 Å². The van der Waals surface area contributed by atoms with Gasteiger partial charge in [-0.25, -0.2) is 4.79 Å². The number of halogens is 1. The molecule has 2 aromatic carbocycles. The number of allylic oxidation sites excluding steroid dienone is 1. The van der Waals surface area contributed by atoms with E-state index in [1.54, 1.807) is 0 Å². The third kappa shape index (κ3) is 5.40. The molecule has 6 rings (SSSR count). The summed E-state index contributed by atoms with van der Waals surface area (Å²) in [6.07, 6.45) is 1.16. The fourth-order valence-corrected chi connectivity index (χ4v) is 9.62. The van der Waals surface area contributed by atoms with Crippen LogP contribution in [0.2, 0.25) is 0 Å². The summed E-state index contributed by atoms with van der Waals surface area (Å²) in [5.41, 5.74) is 9.09. The van der Waals surface area contributed by atoms with Crippen LogP contribution in [0.25, 0.3) is 9.40 Å². The topological polar surface area (TPSA) is 89.7 Å². The number of ether oxygens (including phenoxy) is 1. The van der Waals surface area contributed by atoms with Crippen LogP contribution in [-0.4, -0.2) is 33.9 Å². The summed E-state index contributed by atoms with van der Waals surface area (Å²) in [7, 11) is 0. The fourth-order valence-electron chi connectivity index (χ4n) is 4.73. The fraction of sp³-hybridized carbons (Fsp3) is 0.167. The molecule has 4 aromatic rings. The molecule has 6 nitrogen and oxygen atoms in total. The molecule has 0 aliphatic carbocycles. The number of hydrogen-bond acceptors (Lipinski definition) is 9. The van der Waals surface area contributed by atoms with E-state index in [0.29, 0.717) is 21.6 Å². The standard InChI is InChI=1S/C30H23ClN2O4S4/c31-15-20-24(34)26-21(12-14-38-26)41-30(20)39-13-11-19-16-40-28-22(32)27(35)33(28)23(19)29(36)37-25(17-7-3-1-4-8-17)18-9-5-2-6-10-18/h1-14,22,25,28H,15-16,32H2/b13-11+/t22-,28-/m1/s1. The number of esters is 1. The van der Waals surface area contributed by atoms with Gasteiger partial charge in [0.2, 0.25) is 11.3 Å². The third-order valence-corrected chi connectivity index (χ3v) is 11.7. The largest absolute Gasteiger partial charge is 0.448 e. The van der Waals surface area contributed by atoms with Crippen LogP contribution in [-0.2, 0) is 20.2 Å². The lowest BCUT2D eigenvalue weighted by molar-refractivity contribution is -0.153. The van der Waals surface area contributed by atoms with Crippen molar-refractivity contribution in [2.75, 3.05) is 5.75 Å². The molecule has 1 saturated heterocycles. The predicted molar refractivity (Wildman–Crippen MR) is 169 cm³/mol. The monoisotopic (exact) mass is 638 g/mol. The van der Waals surface area contributed by atoms with E-state index in [-0.39, 0.29) is 28.3 Å². The molecule has 0 spiro atoms. The molecule has 11 heteroatoms. The van der Waals surface area contributed by atoms with Gasteiger partial charge in [0.25, 0.3) is 0 Å². The zero-order valence-electron chi connectivity index (χ0n) is 21.4. The molecule has 0 bridgehead atoms. The molecule has 2 aromatic heterocycles. The lowest BCUT2D eigenvalue weighted by Gasteiger charge is -2.48. The number of thioether (sulfide) groups is 2. The van der Waals surface area contributed by atoms with Crippen LogP contribution in [0, 0.1) is 0 Å². The number of nitrogens with two attached hydrogens (primary N) is 1. The summed E-state index contributed by atoms with van der Waals surface area (Å²) in [4.78, 5) is 41.1. The Labute approximate surface area is 257 Å². The minimum Gasteiger partial charge on any atom is -0.448 e. The van der Waals surface area contributed by atoms with Gasteiger partial charge in [-0.15, -0.1) is 46.0 Å². The lowest BCUT2D eigenvalue weighted by atomic mass is 10.0. The Morgan fingerprint density at radius 2 is 1.78 bits per heavy atom. The summed E-state index contributed by atoms with van der Waals surface area (Å²) in [6, 6.07) is 20.3. The molecule has 41 heavy (non-hydrogen) atoms. The summed E-state index contributed by atoms with van der Waals surface area (Å²) in [5, 5.41) is 3.41. The van der Waals surface area contributed by atoms with Crippen molar-refractivity contribution in [3.05, 3.63) is 122 Å². The number of fused-ring (bicyclic) bond motifs is 2. The van der Waals surface area contributed by atoms with Crippen molar-refractivity contribution in [2.45, 2.75) is 27.6 Å². The van der Waals surface area contributed by atoms with Crippen molar-refractivity contribution >= 4 is 79.1 Å². The second-order valence-corrected chi connectivity index (χ2v) is 13.8. The van der Waals surface area contributed by atoms with Crippen molar-refractivity contribution in [1.82, 2.24) is 4.90 Å². The van der Waals surface area contributed by atoms with E-state index in [1.807, 2.05) is 83.6 Å². The maximum Gasteiger partial charge on any atom is 0.356 e. The Bertz CT molecular complexity index is 1700. The number of nitrogens with zero attached hydrogens (tertiary/aromatic N) is 1. The zero-order valence-corrected chi connectivity index (χ0v) is 25.4. The van der Waals surface area contributed by atoms with Crippen LogP contribution in [0.1, 0.15) is 22.8 Å². The quantitative estimate of drug-likeness (QED) is 0.102. The van der Waals surface area contributed by atoms with Gasteiger partial charge in [0.05, 0.1) is 19.5 Å². The molecule has 208 valence electrons. The smallest absolute Gasteiger partial charge is 0.356 e. The first-order valence-electron chi connectivity index (χ1n) is 12.6. The molecule has 2 aliphatic rings. The number of thiophene rings is 1. The highest BCUT2D eigenvalue weighted by atomic mass is 35.5.